The topological polar surface area (TPSA) is 44.2 Å². The first-order chi connectivity index (χ1) is 19.1. The zero-order chi connectivity index (χ0) is 27.7. The molecule has 212 valence electrons. The van der Waals surface area contributed by atoms with Crippen LogP contribution in [-0.2, 0) is 0 Å². The van der Waals surface area contributed by atoms with Crippen LogP contribution in [0.15, 0.2) is 60.9 Å². The Balaban J connectivity index is 1.37. The zero-order valence-electron chi connectivity index (χ0n) is 24.2. The molecule has 0 aliphatic heterocycles. The van der Waals surface area contributed by atoms with Crippen LogP contribution in [0.5, 0.6) is 11.5 Å². The summed E-state index contributed by atoms with van der Waals surface area (Å²) in [6.45, 7) is 7.00. The summed E-state index contributed by atoms with van der Waals surface area (Å²) in [6.07, 6.45) is 16.8. The summed E-state index contributed by atoms with van der Waals surface area (Å²) in [6, 6.07) is 15.6. The molecule has 0 N–H and O–H groups in total. The molecule has 3 aromatic rings. The summed E-state index contributed by atoms with van der Waals surface area (Å²) < 4.78 is 25.6. The minimum Gasteiger partial charge on any atom is -0.494 e. The standard InChI is InChI=1S/C34H47FN2O2/c1-4-6-7-8-9-10-11-12-13-14-23-38-31-19-15-28(16-20-31)30-24-36-34(37-25-30)29-17-21-32(22-18-29)39-26-33(35)27(3)5-2/h15-22,24-25,27,33H,4-14,23,26H2,1-3H3. The van der Waals surface area contributed by atoms with E-state index in [0.717, 1.165) is 41.9 Å². The maximum atomic E-state index is 14.0. The molecule has 0 bridgehead atoms. The average molecular weight is 535 g/mol. The fourth-order valence-corrected chi connectivity index (χ4v) is 4.45. The lowest BCUT2D eigenvalue weighted by Crippen LogP contribution is -2.20. The lowest BCUT2D eigenvalue weighted by molar-refractivity contribution is 0.145. The van der Waals surface area contributed by atoms with Crippen LogP contribution in [0.4, 0.5) is 4.39 Å². The lowest BCUT2D eigenvalue weighted by atomic mass is 10.0. The minimum atomic E-state index is -0.962. The highest BCUT2D eigenvalue weighted by Gasteiger charge is 2.15. The van der Waals surface area contributed by atoms with Crippen LogP contribution in [0.2, 0.25) is 0 Å². The van der Waals surface area contributed by atoms with E-state index < -0.39 is 6.17 Å². The van der Waals surface area contributed by atoms with Gasteiger partial charge in [-0.2, -0.15) is 0 Å². The summed E-state index contributed by atoms with van der Waals surface area (Å²) in [5, 5.41) is 0. The average Bonchev–Trinajstić information content (AvgIpc) is 2.99. The van der Waals surface area contributed by atoms with Gasteiger partial charge < -0.3 is 9.47 Å². The summed E-state index contributed by atoms with van der Waals surface area (Å²) in [7, 11) is 0. The van der Waals surface area contributed by atoms with Gasteiger partial charge in [0.05, 0.1) is 6.61 Å². The molecule has 2 aromatic carbocycles. The summed E-state index contributed by atoms with van der Waals surface area (Å²) >= 11 is 0. The van der Waals surface area contributed by atoms with Gasteiger partial charge in [-0.25, -0.2) is 14.4 Å². The first kappa shape index (κ1) is 30.6. The van der Waals surface area contributed by atoms with Crippen LogP contribution in [0, 0.1) is 5.92 Å². The maximum absolute atomic E-state index is 14.0. The van der Waals surface area contributed by atoms with E-state index >= 15 is 0 Å². The number of halogens is 1. The molecule has 1 heterocycles. The molecule has 1 aromatic heterocycles. The van der Waals surface area contributed by atoms with Crippen molar-refractivity contribution in [2.75, 3.05) is 13.2 Å². The molecular weight excluding hydrogens is 487 g/mol. The fourth-order valence-electron chi connectivity index (χ4n) is 4.45. The highest BCUT2D eigenvalue weighted by molar-refractivity contribution is 5.64. The molecule has 2 atom stereocenters. The number of rotatable bonds is 19. The molecule has 3 rings (SSSR count). The normalized spacial score (nSPS) is 12.7. The van der Waals surface area contributed by atoms with Crippen LogP contribution in [0.3, 0.4) is 0 Å². The van der Waals surface area contributed by atoms with E-state index in [-0.39, 0.29) is 12.5 Å². The molecule has 0 spiro atoms. The van der Waals surface area contributed by atoms with Gasteiger partial charge in [-0.3, -0.25) is 0 Å². The van der Waals surface area contributed by atoms with Gasteiger partial charge in [-0.05, 0) is 54.3 Å². The van der Waals surface area contributed by atoms with E-state index in [1.165, 1.54) is 57.8 Å². The lowest BCUT2D eigenvalue weighted by Gasteiger charge is -2.15. The number of hydrogen-bond acceptors (Lipinski definition) is 4. The molecule has 0 saturated carbocycles. The molecule has 0 aliphatic rings. The quantitative estimate of drug-likeness (QED) is 0.144. The van der Waals surface area contributed by atoms with Crippen molar-refractivity contribution in [3.05, 3.63) is 60.9 Å². The van der Waals surface area contributed by atoms with E-state index in [0.29, 0.717) is 11.6 Å². The summed E-state index contributed by atoms with van der Waals surface area (Å²) in [4.78, 5) is 9.10. The molecule has 39 heavy (non-hydrogen) atoms. The molecular formula is C34H47FN2O2. The monoisotopic (exact) mass is 534 g/mol. The van der Waals surface area contributed by atoms with Crippen molar-refractivity contribution in [2.45, 2.75) is 97.6 Å². The minimum absolute atomic E-state index is 0.00529. The molecule has 0 amide bonds. The Morgan fingerprint density at radius 3 is 1.72 bits per heavy atom. The predicted molar refractivity (Wildman–Crippen MR) is 160 cm³/mol. The van der Waals surface area contributed by atoms with Gasteiger partial charge in [0.1, 0.15) is 24.3 Å². The molecule has 0 saturated heterocycles. The predicted octanol–water partition coefficient (Wildman–Crippen LogP) is 9.87. The van der Waals surface area contributed by atoms with E-state index in [4.69, 9.17) is 9.47 Å². The van der Waals surface area contributed by atoms with Gasteiger partial charge in [-0.15, -0.1) is 0 Å². The summed E-state index contributed by atoms with van der Waals surface area (Å²) in [5.74, 6) is 2.19. The molecule has 2 unspecified atom stereocenters. The number of unbranched alkanes of at least 4 members (excludes halogenated alkanes) is 9. The van der Waals surface area contributed by atoms with Gasteiger partial charge in [0.2, 0.25) is 0 Å². The second-order valence-electron chi connectivity index (χ2n) is 10.6. The van der Waals surface area contributed by atoms with Crippen molar-refractivity contribution in [2.24, 2.45) is 5.92 Å². The van der Waals surface area contributed by atoms with Gasteiger partial charge in [0, 0.05) is 23.5 Å². The third-order valence-corrected chi connectivity index (χ3v) is 7.39. The van der Waals surface area contributed by atoms with Crippen LogP contribution in [0.25, 0.3) is 22.5 Å². The van der Waals surface area contributed by atoms with Crippen molar-refractivity contribution in [3.63, 3.8) is 0 Å². The van der Waals surface area contributed by atoms with Gasteiger partial charge >= 0.3 is 0 Å². The second-order valence-corrected chi connectivity index (χ2v) is 10.6. The van der Waals surface area contributed by atoms with E-state index in [1.807, 2.05) is 62.6 Å². The van der Waals surface area contributed by atoms with Crippen LogP contribution in [0.1, 0.15) is 91.4 Å². The molecule has 0 radical (unpaired) electrons. The highest BCUT2D eigenvalue weighted by atomic mass is 19.1. The van der Waals surface area contributed by atoms with Gasteiger partial charge in [0.25, 0.3) is 0 Å². The van der Waals surface area contributed by atoms with Crippen molar-refractivity contribution in [3.8, 4) is 34.0 Å². The van der Waals surface area contributed by atoms with Crippen molar-refractivity contribution < 1.29 is 13.9 Å². The Morgan fingerprint density at radius 2 is 1.15 bits per heavy atom. The Morgan fingerprint density at radius 1 is 0.641 bits per heavy atom. The Hall–Kier alpha value is -2.95. The van der Waals surface area contributed by atoms with Crippen molar-refractivity contribution >= 4 is 0 Å². The molecule has 0 aliphatic carbocycles. The number of nitrogens with zero attached hydrogens (tertiary/aromatic N) is 2. The number of hydrogen-bond donors (Lipinski definition) is 0. The zero-order valence-corrected chi connectivity index (χ0v) is 24.2. The van der Waals surface area contributed by atoms with Crippen LogP contribution < -0.4 is 9.47 Å². The van der Waals surface area contributed by atoms with E-state index in [9.17, 15) is 4.39 Å². The smallest absolute Gasteiger partial charge is 0.159 e. The van der Waals surface area contributed by atoms with Crippen molar-refractivity contribution in [1.82, 2.24) is 9.97 Å². The molecule has 4 nitrogen and oxygen atoms in total. The SMILES string of the molecule is CCCCCCCCCCCCOc1ccc(-c2cnc(-c3ccc(OCC(F)C(C)CC)cc3)nc2)cc1. The van der Waals surface area contributed by atoms with Crippen molar-refractivity contribution in [1.29, 1.82) is 0 Å². The van der Waals surface area contributed by atoms with Gasteiger partial charge in [0.15, 0.2) is 5.82 Å². The number of alkyl halides is 1. The summed E-state index contributed by atoms with van der Waals surface area (Å²) in [5.41, 5.74) is 2.90. The van der Waals surface area contributed by atoms with E-state index in [1.54, 1.807) is 0 Å². The van der Waals surface area contributed by atoms with Gasteiger partial charge in [-0.1, -0.05) is 97.1 Å². The number of benzene rings is 2. The fraction of sp³-hybridized carbons (Fsp3) is 0.529. The third-order valence-electron chi connectivity index (χ3n) is 7.39. The Kier molecular flexibility index (Phi) is 13.8. The van der Waals surface area contributed by atoms with Crippen LogP contribution in [-0.4, -0.2) is 29.4 Å². The van der Waals surface area contributed by atoms with Crippen LogP contribution >= 0.6 is 0 Å². The first-order valence-corrected chi connectivity index (χ1v) is 15.0. The Bertz CT molecular complexity index is 1040. The largest absolute Gasteiger partial charge is 0.494 e. The molecule has 0 fully saturated rings. The Labute approximate surface area is 235 Å². The maximum Gasteiger partial charge on any atom is 0.159 e. The number of ether oxygens (including phenoxy) is 2. The molecule has 5 heteroatoms. The first-order valence-electron chi connectivity index (χ1n) is 15.0. The number of aromatic nitrogens is 2. The van der Waals surface area contributed by atoms with E-state index in [2.05, 4.69) is 29.0 Å². The highest BCUT2D eigenvalue weighted by Crippen LogP contribution is 2.25. The third kappa shape index (κ3) is 11.0. The second kappa shape index (κ2) is 17.6.